The summed E-state index contributed by atoms with van der Waals surface area (Å²) in [5, 5.41) is 3.67. The number of hydrogen-bond donors (Lipinski definition) is 0. The van der Waals surface area contributed by atoms with Crippen LogP contribution < -0.4 is 0 Å². The van der Waals surface area contributed by atoms with E-state index in [1.165, 1.54) is 24.4 Å². The van der Waals surface area contributed by atoms with Gasteiger partial charge in [0.1, 0.15) is 6.04 Å². The summed E-state index contributed by atoms with van der Waals surface area (Å²) in [4.78, 5) is 17.0. The van der Waals surface area contributed by atoms with Crippen molar-refractivity contribution in [1.29, 1.82) is 0 Å². The van der Waals surface area contributed by atoms with Crippen LogP contribution in [0, 0.1) is 12.8 Å². The quantitative estimate of drug-likeness (QED) is 0.725. The number of alkyl halides is 3. The summed E-state index contributed by atoms with van der Waals surface area (Å²) in [5.41, 5.74) is -0.676. The third kappa shape index (κ3) is 4.24. The van der Waals surface area contributed by atoms with Crippen LogP contribution in [0.25, 0.3) is 0 Å². The molecule has 1 unspecified atom stereocenters. The molecule has 1 aromatic heterocycles. The molecule has 1 aromatic rings. The Hall–Kier alpha value is -1.09. The maximum absolute atomic E-state index is 13.1. The molecule has 2 aliphatic rings. The fraction of sp³-hybridized carbons (Fsp3) is 0.765. The lowest BCUT2D eigenvalue weighted by Gasteiger charge is -2.25. The molecule has 0 N–H and O–H groups in total. The van der Waals surface area contributed by atoms with Crippen LogP contribution in [0.3, 0.4) is 0 Å². The fourth-order valence-electron chi connectivity index (χ4n) is 3.47. The zero-order valence-electron chi connectivity index (χ0n) is 15.0. The summed E-state index contributed by atoms with van der Waals surface area (Å²) in [5.74, 6) is 0.631. The van der Waals surface area contributed by atoms with E-state index in [9.17, 15) is 18.0 Å². The van der Waals surface area contributed by atoms with Crippen LogP contribution >= 0.6 is 15.9 Å². The molecule has 3 rings (SSSR count). The number of carbonyl (C=O) groups excluding carboxylic acids is 1. The Balaban J connectivity index is 1.69. The standard InChI is InChI=1S/C17H24BrF3N4O/c1-11-14(18)15(17(19,20)21)22-25(11)12(2)16(26)24-7-3-6-23(8-9-24)10-13-4-5-13/h12-13H,3-10H2,1-2H3. The molecule has 9 heteroatoms. The zero-order valence-corrected chi connectivity index (χ0v) is 16.6. The van der Waals surface area contributed by atoms with Crippen molar-refractivity contribution in [2.45, 2.75) is 45.3 Å². The Bertz CT molecular complexity index is 672. The van der Waals surface area contributed by atoms with Crippen LogP contribution in [-0.2, 0) is 11.0 Å². The lowest BCUT2D eigenvalue weighted by atomic mass is 10.2. The lowest BCUT2D eigenvalue weighted by Crippen LogP contribution is -2.39. The maximum atomic E-state index is 13.1. The molecule has 0 radical (unpaired) electrons. The summed E-state index contributed by atoms with van der Waals surface area (Å²) in [7, 11) is 0. The van der Waals surface area contributed by atoms with Crippen molar-refractivity contribution in [3.05, 3.63) is 15.9 Å². The highest BCUT2D eigenvalue weighted by Crippen LogP contribution is 2.36. The molecule has 0 aromatic carbocycles. The molecule has 2 heterocycles. The van der Waals surface area contributed by atoms with Gasteiger partial charge in [-0.2, -0.15) is 18.3 Å². The SMILES string of the molecule is Cc1c(Br)c(C(F)(F)F)nn1C(C)C(=O)N1CCCN(CC2CC2)CC1. The third-order valence-corrected chi connectivity index (χ3v) is 6.13. The zero-order chi connectivity index (χ0) is 19.1. The number of halogens is 4. The van der Waals surface area contributed by atoms with Crippen molar-refractivity contribution < 1.29 is 18.0 Å². The van der Waals surface area contributed by atoms with Gasteiger partial charge in [-0.05, 0) is 61.5 Å². The van der Waals surface area contributed by atoms with Gasteiger partial charge in [-0.25, -0.2) is 0 Å². The smallest absolute Gasteiger partial charge is 0.340 e. The van der Waals surface area contributed by atoms with Gasteiger partial charge in [0.2, 0.25) is 5.91 Å². The minimum absolute atomic E-state index is 0.101. The second-order valence-electron chi connectivity index (χ2n) is 7.29. The number of rotatable bonds is 4. The van der Waals surface area contributed by atoms with Crippen molar-refractivity contribution in [2.24, 2.45) is 5.92 Å². The first-order valence-electron chi connectivity index (χ1n) is 9.01. The molecule has 1 atom stereocenters. The van der Waals surface area contributed by atoms with Crippen molar-refractivity contribution in [2.75, 3.05) is 32.7 Å². The average Bonchev–Trinajstić information content (AvgIpc) is 3.36. The molecule has 5 nitrogen and oxygen atoms in total. The summed E-state index contributed by atoms with van der Waals surface area (Å²) < 4.78 is 40.3. The maximum Gasteiger partial charge on any atom is 0.436 e. The van der Waals surface area contributed by atoms with Crippen LogP contribution in [0.4, 0.5) is 13.2 Å². The van der Waals surface area contributed by atoms with E-state index < -0.39 is 17.9 Å². The summed E-state index contributed by atoms with van der Waals surface area (Å²) >= 11 is 2.96. The van der Waals surface area contributed by atoms with E-state index in [1.54, 1.807) is 11.8 Å². The second kappa shape index (κ2) is 7.50. The van der Waals surface area contributed by atoms with Gasteiger partial charge < -0.3 is 9.80 Å². The molecule has 26 heavy (non-hydrogen) atoms. The van der Waals surface area contributed by atoms with E-state index in [2.05, 4.69) is 25.9 Å². The van der Waals surface area contributed by atoms with Crippen molar-refractivity contribution in [3.63, 3.8) is 0 Å². The Morgan fingerprint density at radius 2 is 1.96 bits per heavy atom. The predicted octanol–water partition coefficient (Wildman–Crippen LogP) is 3.48. The molecular weight excluding hydrogens is 413 g/mol. The highest BCUT2D eigenvalue weighted by Gasteiger charge is 2.39. The van der Waals surface area contributed by atoms with E-state index >= 15 is 0 Å². The topological polar surface area (TPSA) is 41.4 Å². The predicted molar refractivity (Wildman–Crippen MR) is 94.7 cm³/mol. The summed E-state index contributed by atoms with van der Waals surface area (Å²) in [6, 6.07) is -0.766. The van der Waals surface area contributed by atoms with Crippen molar-refractivity contribution in [1.82, 2.24) is 19.6 Å². The number of carbonyl (C=O) groups is 1. The van der Waals surface area contributed by atoms with E-state index in [-0.39, 0.29) is 10.4 Å². The number of aromatic nitrogens is 2. The third-order valence-electron chi connectivity index (χ3n) is 5.18. The monoisotopic (exact) mass is 436 g/mol. The van der Waals surface area contributed by atoms with Gasteiger partial charge in [0.15, 0.2) is 5.69 Å². The van der Waals surface area contributed by atoms with Crippen LogP contribution in [-0.4, -0.2) is 58.2 Å². The van der Waals surface area contributed by atoms with E-state index in [1.807, 2.05) is 0 Å². The molecule has 146 valence electrons. The summed E-state index contributed by atoms with van der Waals surface area (Å²) in [6.45, 7) is 7.29. The van der Waals surface area contributed by atoms with Gasteiger partial charge >= 0.3 is 6.18 Å². The van der Waals surface area contributed by atoms with Gasteiger partial charge in [-0.1, -0.05) is 0 Å². The highest BCUT2D eigenvalue weighted by molar-refractivity contribution is 9.10. The van der Waals surface area contributed by atoms with E-state index in [4.69, 9.17) is 0 Å². The van der Waals surface area contributed by atoms with Gasteiger partial charge in [0.05, 0.1) is 10.2 Å². The van der Waals surface area contributed by atoms with Gasteiger partial charge in [-0.15, -0.1) is 0 Å². The molecule has 0 spiro atoms. The van der Waals surface area contributed by atoms with Crippen LogP contribution in [0.2, 0.25) is 0 Å². The Labute approximate surface area is 159 Å². The van der Waals surface area contributed by atoms with Crippen molar-refractivity contribution in [3.8, 4) is 0 Å². The number of nitrogens with zero attached hydrogens (tertiary/aromatic N) is 4. The molecule has 1 saturated carbocycles. The average molecular weight is 437 g/mol. The van der Waals surface area contributed by atoms with E-state index in [0.717, 1.165) is 32.0 Å². The minimum atomic E-state index is -4.55. The number of hydrogen-bond acceptors (Lipinski definition) is 3. The molecule has 1 saturated heterocycles. The van der Waals surface area contributed by atoms with Crippen LogP contribution in [0.1, 0.15) is 43.6 Å². The van der Waals surface area contributed by atoms with Crippen LogP contribution in [0.5, 0.6) is 0 Å². The van der Waals surface area contributed by atoms with Gasteiger partial charge in [0, 0.05) is 26.2 Å². The first-order chi connectivity index (χ1) is 12.2. The molecule has 2 fully saturated rings. The molecule has 1 amide bonds. The fourth-order valence-corrected chi connectivity index (χ4v) is 3.95. The lowest BCUT2D eigenvalue weighted by molar-refractivity contribution is -0.143. The second-order valence-corrected chi connectivity index (χ2v) is 8.08. The molecule has 0 bridgehead atoms. The van der Waals surface area contributed by atoms with Crippen LogP contribution in [0.15, 0.2) is 4.47 Å². The largest absolute Gasteiger partial charge is 0.436 e. The molecule has 1 aliphatic carbocycles. The highest BCUT2D eigenvalue weighted by atomic mass is 79.9. The Kier molecular flexibility index (Phi) is 5.67. The Morgan fingerprint density at radius 1 is 1.27 bits per heavy atom. The van der Waals surface area contributed by atoms with Crippen molar-refractivity contribution >= 4 is 21.8 Å². The first-order valence-corrected chi connectivity index (χ1v) is 9.80. The van der Waals surface area contributed by atoms with Gasteiger partial charge in [0.25, 0.3) is 0 Å². The molecule has 1 aliphatic heterocycles. The first kappa shape index (κ1) is 19.7. The normalized spacial score (nSPS) is 20.9. The van der Waals surface area contributed by atoms with Gasteiger partial charge in [-0.3, -0.25) is 9.48 Å². The van der Waals surface area contributed by atoms with E-state index in [0.29, 0.717) is 18.8 Å². The molecular formula is C17H24BrF3N4O. The summed E-state index contributed by atoms with van der Waals surface area (Å²) in [6.07, 6.45) is -1.07. The Morgan fingerprint density at radius 3 is 2.54 bits per heavy atom. The minimum Gasteiger partial charge on any atom is -0.340 e. The number of amides is 1.